The first-order valence-electron chi connectivity index (χ1n) is 3.11. The Bertz CT molecular complexity index is 283. The molecule has 0 spiro atoms. The average Bonchev–Trinajstić information content (AvgIpc) is 1.95. The molecule has 0 atom stereocenters. The zero-order chi connectivity index (χ0) is 8.27. The first-order valence-corrected chi connectivity index (χ1v) is 3.49. The Morgan fingerprint density at radius 3 is 2.82 bits per heavy atom. The molecule has 0 saturated heterocycles. The van der Waals surface area contributed by atoms with Crippen LogP contribution in [0.25, 0.3) is 0 Å². The summed E-state index contributed by atoms with van der Waals surface area (Å²) >= 11 is 5.53. The molecule has 0 aliphatic heterocycles. The molecule has 1 nitrogen and oxygen atoms in total. The zero-order valence-corrected chi connectivity index (χ0v) is 6.77. The number of aliphatic imine (C=N–C) groups is 1. The van der Waals surface area contributed by atoms with Gasteiger partial charge < -0.3 is 0 Å². The molecule has 58 valence electrons. The predicted molar refractivity (Wildman–Crippen MR) is 44.9 cm³/mol. The fourth-order valence-corrected chi connectivity index (χ4v) is 0.904. The fraction of sp³-hybridized carbons (Fsp3) is 0.125. The van der Waals surface area contributed by atoms with Crippen molar-refractivity contribution in [1.82, 2.24) is 0 Å². The molecule has 0 aliphatic carbocycles. The Morgan fingerprint density at radius 1 is 1.55 bits per heavy atom. The lowest BCUT2D eigenvalue weighted by atomic mass is 10.2. The van der Waals surface area contributed by atoms with Gasteiger partial charge in [-0.2, -0.15) is 0 Å². The topological polar surface area (TPSA) is 12.4 Å². The van der Waals surface area contributed by atoms with E-state index in [0.29, 0.717) is 10.6 Å². The van der Waals surface area contributed by atoms with Gasteiger partial charge in [0.25, 0.3) is 0 Å². The first kappa shape index (κ1) is 8.21. The van der Waals surface area contributed by atoms with Crippen molar-refractivity contribution in [1.29, 1.82) is 0 Å². The van der Waals surface area contributed by atoms with Gasteiger partial charge >= 0.3 is 0 Å². The number of hydrogen-bond donors (Lipinski definition) is 0. The maximum atomic E-state index is 12.9. The van der Waals surface area contributed by atoms with E-state index in [-0.39, 0.29) is 5.82 Å². The number of nitrogens with zero attached hydrogens (tertiary/aromatic N) is 1. The highest BCUT2D eigenvalue weighted by Crippen LogP contribution is 2.12. The SMILES string of the molecule is C/N=C/c1ccc(Cl)cc1F. The molecule has 1 rings (SSSR count). The van der Waals surface area contributed by atoms with Gasteiger partial charge in [0, 0.05) is 23.8 Å². The van der Waals surface area contributed by atoms with Gasteiger partial charge in [0.2, 0.25) is 0 Å². The van der Waals surface area contributed by atoms with Crippen LogP contribution in [0.1, 0.15) is 5.56 Å². The third kappa shape index (κ3) is 2.02. The highest BCUT2D eigenvalue weighted by atomic mass is 35.5. The Labute approximate surface area is 69.5 Å². The van der Waals surface area contributed by atoms with Crippen molar-refractivity contribution in [3.8, 4) is 0 Å². The highest BCUT2D eigenvalue weighted by molar-refractivity contribution is 6.30. The van der Waals surface area contributed by atoms with Crippen molar-refractivity contribution < 1.29 is 4.39 Å². The number of benzene rings is 1. The molecular formula is C8H7ClFN. The van der Waals surface area contributed by atoms with E-state index in [1.54, 1.807) is 19.2 Å². The predicted octanol–water partition coefficient (Wildman–Crippen LogP) is 2.53. The average molecular weight is 172 g/mol. The number of halogens is 2. The summed E-state index contributed by atoms with van der Waals surface area (Å²) in [7, 11) is 1.59. The van der Waals surface area contributed by atoms with E-state index in [4.69, 9.17) is 11.6 Å². The lowest BCUT2D eigenvalue weighted by Gasteiger charge is -1.94. The molecule has 0 saturated carbocycles. The van der Waals surface area contributed by atoms with E-state index >= 15 is 0 Å². The summed E-state index contributed by atoms with van der Waals surface area (Å²) in [5.41, 5.74) is 0.455. The van der Waals surface area contributed by atoms with Crippen molar-refractivity contribution in [2.75, 3.05) is 7.05 Å². The third-order valence-electron chi connectivity index (χ3n) is 1.23. The van der Waals surface area contributed by atoms with Gasteiger partial charge in [0.1, 0.15) is 5.82 Å². The van der Waals surface area contributed by atoms with E-state index in [9.17, 15) is 4.39 Å². The Hall–Kier alpha value is -0.890. The molecule has 0 N–H and O–H groups in total. The normalized spacial score (nSPS) is 10.8. The van der Waals surface area contributed by atoms with E-state index in [1.807, 2.05) is 0 Å². The summed E-state index contributed by atoms with van der Waals surface area (Å²) in [5, 5.41) is 0.399. The van der Waals surface area contributed by atoms with Gasteiger partial charge in [-0.15, -0.1) is 0 Å². The summed E-state index contributed by atoms with van der Waals surface area (Å²) in [5.74, 6) is -0.344. The molecule has 0 heterocycles. The maximum Gasteiger partial charge on any atom is 0.133 e. The summed E-state index contributed by atoms with van der Waals surface area (Å²) < 4.78 is 12.9. The molecule has 3 heteroatoms. The molecule has 0 aliphatic rings. The highest BCUT2D eigenvalue weighted by Gasteiger charge is 1.98. The van der Waals surface area contributed by atoms with Gasteiger partial charge in [0.15, 0.2) is 0 Å². The first-order chi connectivity index (χ1) is 5.24. The minimum absolute atomic E-state index is 0.344. The van der Waals surface area contributed by atoms with E-state index in [1.165, 1.54) is 12.3 Å². The second kappa shape index (κ2) is 3.49. The third-order valence-corrected chi connectivity index (χ3v) is 1.47. The van der Waals surface area contributed by atoms with Crippen molar-refractivity contribution in [2.24, 2.45) is 4.99 Å². The second-order valence-corrected chi connectivity index (χ2v) is 2.49. The molecule has 1 aromatic carbocycles. The standard InChI is InChI=1S/C8H7ClFN/c1-11-5-6-2-3-7(9)4-8(6)10/h2-5H,1H3/b11-5+. The van der Waals surface area contributed by atoms with E-state index in [0.717, 1.165) is 0 Å². The summed E-state index contributed by atoms with van der Waals surface area (Å²) in [6.07, 6.45) is 1.45. The molecule has 1 aromatic rings. The van der Waals surface area contributed by atoms with Gasteiger partial charge in [-0.3, -0.25) is 4.99 Å². The van der Waals surface area contributed by atoms with Crippen LogP contribution in [0.15, 0.2) is 23.2 Å². The molecule has 0 unspecified atom stereocenters. The molecule has 11 heavy (non-hydrogen) atoms. The van der Waals surface area contributed by atoms with Crippen LogP contribution in [-0.2, 0) is 0 Å². The lowest BCUT2D eigenvalue weighted by molar-refractivity contribution is 0.626. The molecule has 0 amide bonds. The van der Waals surface area contributed by atoms with Crippen molar-refractivity contribution in [2.45, 2.75) is 0 Å². The number of rotatable bonds is 1. The Kier molecular flexibility index (Phi) is 2.60. The summed E-state index contributed by atoms with van der Waals surface area (Å²) in [4.78, 5) is 3.69. The minimum atomic E-state index is -0.344. The monoisotopic (exact) mass is 171 g/mol. The van der Waals surface area contributed by atoms with Crippen LogP contribution in [0.2, 0.25) is 5.02 Å². The van der Waals surface area contributed by atoms with E-state index < -0.39 is 0 Å². The fourth-order valence-electron chi connectivity index (χ4n) is 0.745. The van der Waals surface area contributed by atoms with Gasteiger partial charge in [-0.1, -0.05) is 11.6 Å². The van der Waals surface area contributed by atoms with Crippen molar-refractivity contribution in [3.05, 3.63) is 34.6 Å². The smallest absolute Gasteiger partial charge is 0.133 e. The Morgan fingerprint density at radius 2 is 2.27 bits per heavy atom. The van der Waals surface area contributed by atoms with Gasteiger partial charge in [-0.25, -0.2) is 4.39 Å². The van der Waals surface area contributed by atoms with Gasteiger partial charge in [-0.05, 0) is 18.2 Å². The largest absolute Gasteiger partial charge is 0.296 e. The van der Waals surface area contributed by atoms with E-state index in [2.05, 4.69) is 4.99 Å². The number of hydrogen-bond acceptors (Lipinski definition) is 1. The van der Waals surface area contributed by atoms with Crippen LogP contribution < -0.4 is 0 Å². The second-order valence-electron chi connectivity index (χ2n) is 2.05. The van der Waals surface area contributed by atoms with Gasteiger partial charge in [0.05, 0.1) is 0 Å². The zero-order valence-electron chi connectivity index (χ0n) is 6.01. The van der Waals surface area contributed by atoms with Crippen LogP contribution in [-0.4, -0.2) is 13.3 Å². The minimum Gasteiger partial charge on any atom is -0.296 e. The summed E-state index contributed by atoms with van der Waals surface area (Å²) in [6, 6.07) is 4.48. The lowest BCUT2D eigenvalue weighted by Crippen LogP contribution is -1.86. The maximum absolute atomic E-state index is 12.9. The van der Waals surface area contributed by atoms with Crippen LogP contribution in [0.4, 0.5) is 4.39 Å². The van der Waals surface area contributed by atoms with Crippen molar-refractivity contribution >= 4 is 17.8 Å². The molecule has 0 aromatic heterocycles. The van der Waals surface area contributed by atoms with Crippen LogP contribution >= 0.6 is 11.6 Å². The molecule has 0 fully saturated rings. The van der Waals surface area contributed by atoms with Crippen LogP contribution in [0.3, 0.4) is 0 Å². The molecule has 0 radical (unpaired) electrons. The van der Waals surface area contributed by atoms with Crippen LogP contribution in [0.5, 0.6) is 0 Å². The quantitative estimate of drug-likeness (QED) is 0.576. The van der Waals surface area contributed by atoms with Crippen LogP contribution in [0, 0.1) is 5.82 Å². The molecular weight excluding hydrogens is 165 g/mol. The Balaban J connectivity index is 3.09. The van der Waals surface area contributed by atoms with Crippen molar-refractivity contribution in [3.63, 3.8) is 0 Å². The molecule has 0 bridgehead atoms. The summed E-state index contributed by atoms with van der Waals surface area (Å²) in [6.45, 7) is 0.